The van der Waals surface area contributed by atoms with Gasteiger partial charge in [-0.2, -0.15) is 0 Å². The lowest BCUT2D eigenvalue weighted by molar-refractivity contribution is 0.217. The smallest absolute Gasteiger partial charge is 0.213 e. The maximum Gasteiger partial charge on any atom is 0.213 e. The van der Waals surface area contributed by atoms with Gasteiger partial charge in [0, 0.05) is 18.3 Å². The minimum atomic E-state index is 0.780. The average molecular weight is 248 g/mol. The van der Waals surface area contributed by atoms with Gasteiger partial charge in [0.1, 0.15) is 0 Å². The highest BCUT2D eigenvalue weighted by molar-refractivity contribution is 5.24. The van der Waals surface area contributed by atoms with E-state index in [4.69, 9.17) is 4.74 Å². The van der Waals surface area contributed by atoms with Crippen LogP contribution in [0.2, 0.25) is 0 Å². The molecule has 0 unspecified atom stereocenters. The quantitative estimate of drug-likeness (QED) is 0.805. The number of aryl methyl sites for hydroxylation is 1. The Morgan fingerprint density at radius 2 is 2.22 bits per heavy atom. The first-order chi connectivity index (χ1) is 8.78. The van der Waals surface area contributed by atoms with Crippen LogP contribution < -0.4 is 10.1 Å². The van der Waals surface area contributed by atoms with E-state index in [1.165, 1.54) is 31.2 Å². The molecule has 0 aliphatic heterocycles. The minimum absolute atomic E-state index is 0.780. The van der Waals surface area contributed by atoms with E-state index in [1.807, 2.05) is 6.92 Å². The number of hydrogen-bond acceptors (Lipinski definition) is 3. The summed E-state index contributed by atoms with van der Waals surface area (Å²) in [5.41, 5.74) is 2.28. The standard InChI is InChI=1S/C15H24N2O/c1-3-16-11-14-9-12(2)17-15(10-14)18-8-7-13-5-4-6-13/h9-10,13,16H,3-8,11H2,1-2H3. The molecule has 3 heteroatoms. The zero-order chi connectivity index (χ0) is 12.8. The Labute approximate surface area is 110 Å². The van der Waals surface area contributed by atoms with Gasteiger partial charge in [0.05, 0.1) is 6.61 Å². The van der Waals surface area contributed by atoms with E-state index in [9.17, 15) is 0 Å². The van der Waals surface area contributed by atoms with E-state index < -0.39 is 0 Å². The number of nitrogens with one attached hydrogen (secondary N) is 1. The topological polar surface area (TPSA) is 34.2 Å². The molecule has 1 aliphatic carbocycles. The summed E-state index contributed by atoms with van der Waals surface area (Å²) in [5, 5.41) is 3.33. The van der Waals surface area contributed by atoms with E-state index >= 15 is 0 Å². The van der Waals surface area contributed by atoms with Crippen LogP contribution in [-0.2, 0) is 6.54 Å². The predicted molar refractivity (Wildman–Crippen MR) is 73.8 cm³/mol. The minimum Gasteiger partial charge on any atom is -0.478 e. The van der Waals surface area contributed by atoms with Crippen molar-refractivity contribution in [2.24, 2.45) is 5.92 Å². The summed E-state index contributed by atoms with van der Waals surface area (Å²) >= 11 is 0. The fourth-order valence-corrected chi connectivity index (χ4v) is 2.26. The van der Waals surface area contributed by atoms with Gasteiger partial charge in [-0.05, 0) is 37.4 Å². The molecule has 1 aliphatic rings. The van der Waals surface area contributed by atoms with Crippen LogP contribution in [0.5, 0.6) is 5.88 Å². The van der Waals surface area contributed by atoms with E-state index in [0.29, 0.717) is 0 Å². The largest absolute Gasteiger partial charge is 0.478 e. The molecule has 0 saturated heterocycles. The van der Waals surface area contributed by atoms with E-state index in [2.05, 4.69) is 29.4 Å². The van der Waals surface area contributed by atoms with Gasteiger partial charge in [-0.3, -0.25) is 0 Å². The summed E-state index contributed by atoms with van der Waals surface area (Å²) in [5.74, 6) is 1.68. The van der Waals surface area contributed by atoms with Crippen molar-refractivity contribution in [2.75, 3.05) is 13.2 Å². The molecule has 0 radical (unpaired) electrons. The first-order valence-electron chi connectivity index (χ1n) is 7.09. The summed E-state index contributed by atoms with van der Waals surface area (Å²) in [6.45, 7) is 6.82. The molecule has 0 bridgehead atoms. The van der Waals surface area contributed by atoms with E-state index in [1.54, 1.807) is 0 Å². The van der Waals surface area contributed by atoms with Crippen molar-refractivity contribution in [1.29, 1.82) is 0 Å². The third kappa shape index (κ3) is 3.98. The molecule has 100 valence electrons. The van der Waals surface area contributed by atoms with Gasteiger partial charge in [-0.1, -0.05) is 26.2 Å². The van der Waals surface area contributed by atoms with Gasteiger partial charge in [0.25, 0.3) is 0 Å². The fourth-order valence-electron chi connectivity index (χ4n) is 2.26. The van der Waals surface area contributed by atoms with Gasteiger partial charge in [-0.15, -0.1) is 0 Å². The number of pyridine rings is 1. The van der Waals surface area contributed by atoms with Crippen molar-refractivity contribution in [1.82, 2.24) is 10.3 Å². The number of aromatic nitrogens is 1. The molecule has 0 spiro atoms. The summed E-state index contributed by atoms with van der Waals surface area (Å²) in [4.78, 5) is 4.43. The van der Waals surface area contributed by atoms with Crippen molar-refractivity contribution < 1.29 is 4.74 Å². The molecule has 1 heterocycles. The van der Waals surface area contributed by atoms with E-state index in [-0.39, 0.29) is 0 Å². The van der Waals surface area contributed by atoms with Crippen LogP contribution in [0.15, 0.2) is 12.1 Å². The Balaban J connectivity index is 1.83. The van der Waals surface area contributed by atoms with Crippen molar-refractivity contribution in [2.45, 2.75) is 46.1 Å². The Hall–Kier alpha value is -1.09. The Morgan fingerprint density at radius 1 is 1.39 bits per heavy atom. The Kier molecular flexibility index (Phi) is 5.00. The van der Waals surface area contributed by atoms with Crippen LogP contribution >= 0.6 is 0 Å². The zero-order valence-corrected chi connectivity index (χ0v) is 11.5. The summed E-state index contributed by atoms with van der Waals surface area (Å²) in [6.07, 6.45) is 5.35. The molecular formula is C15H24N2O. The lowest BCUT2D eigenvalue weighted by Crippen LogP contribution is -2.15. The lowest BCUT2D eigenvalue weighted by atomic mass is 9.83. The number of hydrogen-bond donors (Lipinski definition) is 1. The van der Waals surface area contributed by atoms with Crippen LogP contribution in [0, 0.1) is 12.8 Å². The van der Waals surface area contributed by atoms with E-state index in [0.717, 1.165) is 37.2 Å². The van der Waals surface area contributed by atoms with Crippen molar-refractivity contribution in [3.05, 3.63) is 23.4 Å². The number of ether oxygens (including phenoxy) is 1. The van der Waals surface area contributed by atoms with Crippen molar-refractivity contribution >= 4 is 0 Å². The molecule has 0 amide bonds. The monoisotopic (exact) mass is 248 g/mol. The molecule has 1 aromatic rings. The molecule has 0 atom stereocenters. The highest BCUT2D eigenvalue weighted by atomic mass is 16.5. The lowest BCUT2D eigenvalue weighted by Gasteiger charge is -2.24. The summed E-state index contributed by atoms with van der Waals surface area (Å²) < 4.78 is 5.77. The van der Waals surface area contributed by atoms with Gasteiger partial charge in [0.15, 0.2) is 0 Å². The Morgan fingerprint density at radius 3 is 2.89 bits per heavy atom. The third-order valence-corrected chi connectivity index (χ3v) is 3.57. The second-order valence-electron chi connectivity index (χ2n) is 5.17. The van der Waals surface area contributed by atoms with Crippen molar-refractivity contribution in [3.63, 3.8) is 0 Å². The maximum atomic E-state index is 5.77. The first kappa shape index (κ1) is 13.3. The Bertz CT molecular complexity index is 375. The molecule has 18 heavy (non-hydrogen) atoms. The highest BCUT2D eigenvalue weighted by Gasteiger charge is 2.16. The SMILES string of the molecule is CCNCc1cc(C)nc(OCCC2CCC2)c1. The van der Waals surface area contributed by atoms with Gasteiger partial charge in [-0.25, -0.2) is 4.98 Å². The van der Waals surface area contributed by atoms with Crippen LogP contribution in [0.25, 0.3) is 0 Å². The third-order valence-electron chi connectivity index (χ3n) is 3.57. The second-order valence-corrected chi connectivity index (χ2v) is 5.17. The molecule has 1 aromatic heterocycles. The predicted octanol–water partition coefficient (Wildman–Crippen LogP) is 3.07. The van der Waals surface area contributed by atoms with Gasteiger partial charge < -0.3 is 10.1 Å². The normalized spacial score (nSPS) is 15.4. The molecule has 1 fully saturated rings. The fraction of sp³-hybridized carbons (Fsp3) is 0.667. The molecule has 1 saturated carbocycles. The first-order valence-corrected chi connectivity index (χ1v) is 7.09. The average Bonchev–Trinajstić information content (AvgIpc) is 2.29. The molecule has 2 rings (SSSR count). The second kappa shape index (κ2) is 6.74. The summed E-state index contributed by atoms with van der Waals surface area (Å²) in [7, 11) is 0. The molecular weight excluding hydrogens is 224 g/mol. The maximum absolute atomic E-state index is 5.77. The zero-order valence-electron chi connectivity index (χ0n) is 11.5. The van der Waals surface area contributed by atoms with Gasteiger partial charge >= 0.3 is 0 Å². The van der Waals surface area contributed by atoms with Crippen LogP contribution in [0.4, 0.5) is 0 Å². The number of nitrogens with zero attached hydrogens (tertiary/aromatic N) is 1. The molecule has 0 aromatic carbocycles. The summed E-state index contributed by atoms with van der Waals surface area (Å²) in [6, 6.07) is 4.16. The van der Waals surface area contributed by atoms with Crippen LogP contribution in [-0.4, -0.2) is 18.1 Å². The number of rotatable bonds is 7. The molecule has 3 nitrogen and oxygen atoms in total. The molecule has 1 N–H and O–H groups in total. The van der Waals surface area contributed by atoms with Crippen LogP contribution in [0.3, 0.4) is 0 Å². The highest BCUT2D eigenvalue weighted by Crippen LogP contribution is 2.29. The van der Waals surface area contributed by atoms with Crippen LogP contribution in [0.1, 0.15) is 43.9 Å². The van der Waals surface area contributed by atoms with Gasteiger partial charge in [0.2, 0.25) is 5.88 Å². The van der Waals surface area contributed by atoms with Crippen molar-refractivity contribution in [3.8, 4) is 5.88 Å².